The summed E-state index contributed by atoms with van der Waals surface area (Å²) in [7, 11) is 0. The van der Waals surface area contributed by atoms with E-state index in [1.807, 2.05) is 6.92 Å². The van der Waals surface area contributed by atoms with Crippen LogP contribution in [-0.2, 0) is 0 Å². The molecule has 0 bridgehead atoms. The van der Waals surface area contributed by atoms with Crippen molar-refractivity contribution in [2.45, 2.75) is 32.3 Å². The van der Waals surface area contributed by atoms with Crippen LogP contribution in [0.25, 0.3) is 0 Å². The SMILES string of the molecule is C=C1C(C(C)CO)CCC1(C)O. The van der Waals surface area contributed by atoms with E-state index in [1.165, 1.54) is 0 Å². The van der Waals surface area contributed by atoms with E-state index in [1.54, 1.807) is 6.92 Å². The van der Waals surface area contributed by atoms with Crippen molar-refractivity contribution in [1.29, 1.82) is 0 Å². The van der Waals surface area contributed by atoms with Gasteiger partial charge in [-0.1, -0.05) is 13.5 Å². The van der Waals surface area contributed by atoms with E-state index in [0.717, 1.165) is 18.4 Å². The number of aliphatic hydroxyl groups is 2. The molecule has 0 aliphatic heterocycles. The summed E-state index contributed by atoms with van der Waals surface area (Å²) in [5, 5.41) is 18.8. The van der Waals surface area contributed by atoms with Crippen LogP contribution in [0.2, 0.25) is 0 Å². The number of hydrogen-bond acceptors (Lipinski definition) is 2. The van der Waals surface area contributed by atoms with Gasteiger partial charge in [-0.2, -0.15) is 0 Å². The van der Waals surface area contributed by atoms with Gasteiger partial charge in [-0.05, 0) is 37.2 Å². The first kappa shape index (κ1) is 9.75. The highest BCUT2D eigenvalue weighted by Crippen LogP contribution is 2.41. The molecule has 0 aromatic carbocycles. The van der Waals surface area contributed by atoms with Gasteiger partial charge in [-0.3, -0.25) is 0 Å². The molecule has 3 atom stereocenters. The molecule has 70 valence electrons. The minimum atomic E-state index is -0.700. The molecule has 0 amide bonds. The first-order chi connectivity index (χ1) is 5.49. The van der Waals surface area contributed by atoms with E-state index >= 15 is 0 Å². The van der Waals surface area contributed by atoms with Gasteiger partial charge in [-0.25, -0.2) is 0 Å². The summed E-state index contributed by atoms with van der Waals surface area (Å²) in [6.07, 6.45) is 1.73. The molecule has 1 saturated carbocycles. The van der Waals surface area contributed by atoms with Crippen molar-refractivity contribution < 1.29 is 10.2 Å². The zero-order valence-electron chi connectivity index (χ0n) is 7.88. The summed E-state index contributed by atoms with van der Waals surface area (Å²) in [4.78, 5) is 0. The van der Waals surface area contributed by atoms with Crippen LogP contribution in [0.1, 0.15) is 26.7 Å². The summed E-state index contributed by atoms with van der Waals surface area (Å²) in [5.41, 5.74) is 0.192. The third kappa shape index (κ3) is 1.54. The Balaban J connectivity index is 2.67. The molecule has 0 aromatic rings. The fraction of sp³-hybridized carbons (Fsp3) is 0.800. The fourth-order valence-electron chi connectivity index (χ4n) is 1.93. The molecule has 2 N–H and O–H groups in total. The third-order valence-corrected chi connectivity index (χ3v) is 3.06. The summed E-state index contributed by atoms with van der Waals surface area (Å²) in [6.45, 7) is 7.88. The standard InChI is InChI=1S/C10H18O2/c1-7(6-11)9-4-5-10(3,12)8(9)2/h7,9,11-12H,2,4-6H2,1,3H3. The van der Waals surface area contributed by atoms with Crippen LogP contribution >= 0.6 is 0 Å². The first-order valence-corrected chi connectivity index (χ1v) is 4.51. The summed E-state index contributed by atoms with van der Waals surface area (Å²) in [5.74, 6) is 0.525. The van der Waals surface area contributed by atoms with Crippen molar-refractivity contribution in [2.24, 2.45) is 11.8 Å². The maximum Gasteiger partial charge on any atom is 0.0829 e. The average molecular weight is 170 g/mol. The van der Waals surface area contributed by atoms with Crippen LogP contribution in [-0.4, -0.2) is 22.4 Å². The Kier molecular flexibility index (Phi) is 2.59. The van der Waals surface area contributed by atoms with Gasteiger partial charge in [0.1, 0.15) is 0 Å². The molecule has 1 aliphatic rings. The topological polar surface area (TPSA) is 40.5 Å². The van der Waals surface area contributed by atoms with E-state index in [4.69, 9.17) is 5.11 Å². The average Bonchev–Trinajstić information content (AvgIpc) is 2.27. The van der Waals surface area contributed by atoms with Crippen molar-refractivity contribution in [2.75, 3.05) is 6.61 Å². The van der Waals surface area contributed by atoms with Crippen LogP contribution < -0.4 is 0 Å². The lowest BCUT2D eigenvalue weighted by molar-refractivity contribution is 0.104. The fourth-order valence-corrected chi connectivity index (χ4v) is 1.93. The lowest BCUT2D eigenvalue weighted by Gasteiger charge is -2.23. The second kappa shape index (κ2) is 3.19. The Hall–Kier alpha value is -0.340. The van der Waals surface area contributed by atoms with Gasteiger partial charge in [0.15, 0.2) is 0 Å². The van der Waals surface area contributed by atoms with Crippen LogP contribution in [0.3, 0.4) is 0 Å². The molecule has 1 aliphatic carbocycles. The molecule has 1 rings (SSSR count). The highest BCUT2D eigenvalue weighted by Gasteiger charge is 2.39. The Bertz CT molecular complexity index is 184. The first-order valence-electron chi connectivity index (χ1n) is 4.51. The summed E-state index contributed by atoms with van der Waals surface area (Å²) >= 11 is 0. The maximum absolute atomic E-state index is 9.80. The molecular formula is C10H18O2. The van der Waals surface area contributed by atoms with Gasteiger partial charge >= 0.3 is 0 Å². The lowest BCUT2D eigenvalue weighted by atomic mass is 9.87. The second-order valence-electron chi connectivity index (χ2n) is 4.10. The zero-order chi connectivity index (χ0) is 9.35. The second-order valence-corrected chi connectivity index (χ2v) is 4.10. The van der Waals surface area contributed by atoms with Gasteiger partial charge in [0, 0.05) is 6.61 Å². The predicted octanol–water partition coefficient (Wildman–Crippen LogP) is 1.33. The summed E-state index contributed by atoms with van der Waals surface area (Å²) in [6, 6.07) is 0. The Morgan fingerprint density at radius 2 is 2.33 bits per heavy atom. The monoisotopic (exact) mass is 170 g/mol. The van der Waals surface area contributed by atoms with E-state index < -0.39 is 5.60 Å². The molecule has 3 unspecified atom stereocenters. The molecule has 0 spiro atoms. The van der Waals surface area contributed by atoms with Gasteiger partial charge in [-0.15, -0.1) is 0 Å². The molecule has 2 heteroatoms. The van der Waals surface area contributed by atoms with Crippen LogP contribution in [0.15, 0.2) is 12.2 Å². The highest BCUT2D eigenvalue weighted by atomic mass is 16.3. The van der Waals surface area contributed by atoms with Crippen molar-refractivity contribution in [3.63, 3.8) is 0 Å². The van der Waals surface area contributed by atoms with Crippen molar-refractivity contribution >= 4 is 0 Å². The molecule has 0 saturated heterocycles. The maximum atomic E-state index is 9.80. The van der Waals surface area contributed by atoms with E-state index in [2.05, 4.69) is 6.58 Å². The molecule has 0 heterocycles. The van der Waals surface area contributed by atoms with Crippen molar-refractivity contribution in [3.05, 3.63) is 12.2 Å². The normalized spacial score (nSPS) is 38.7. The lowest BCUT2D eigenvalue weighted by Crippen LogP contribution is -2.24. The number of rotatable bonds is 2. The predicted molar refractivity (Wildman–Crippen MR) is 48.7 cm³/mol. The molecule has 1 fully saturated rings. The van der Waals surface area contributed by atoms with E-state index in [9.17, 15) is 5.11 Å². The Morgan fingerprint density at radius 1 is 1.75 bits per heavy atom. The van der Waals surface area contributed by atoms with Gasteiger partial charge in [0.25, 0.3) is 0 Å². The molecule has 12 heavy (non-hydrogen) atoms. The van der Waals surface area contributed by atoms with Crippen LogP contribution in [0.5, 0.6) is 0 Å². The molecular weight excluding hydrogens is 152 g/mol. The van der Waals surface area contributed by atoms with Gasteiger partial charge < -0.3 is 10.2 Å². The van der Waals surface area contributed by atoms with Crippen LogP contribution in [0.4, 0.5) is 0 Å². The number of aliphatic hydroxyl groups excluding tert-OH is 1. The zero-order valence-corrected chi connectivity index (χ0v) is 7.88. The summed E-state index contributed by atoms with van der Waals surface area (Å²) < 4.78 is 0. The highest BCUT2D eigenvalue weighted by molar-refractivity contribution is 5.20. The van der Waals surface area contributed by atoms with Crippen LogP contribution in [0, 0.1) is 11.8 Å². The van der Waals surface area contributed by atoms with E-state index in [0.29, 0.717) is 5.92 Å². The minimum absolute atomic E-state index is 0.180. The Labute approximate surface area is 73.9 Å². The van der Waals surface area contributed by atoms with Crippen molar-refractivity contribution in [1.82, 2.24) is 0 Å². The molecule has 2 nitrogen and oxygen atoms in total. The quantitative estimate of drug-likeness (QED) is 0.614. The minimum Gasteiger partial charge on any atom is -0.396 e. The molecule has 0 radical (unpaired) electrons. The smallest absolute Gasteiger partial charge is 0.0829 e. The number of hydrogen-bond donors (Lipinski definition) is 2. The van der Waals surface area contributed by atoms with Crippen molar-refractivity contribution in [3.8, 4) is 0 Å². The third-order valence-electron chi connectivity index (χ3n) is 3.06. The van der Waals surface area contributed by atoms with Gasteiger partial charge in [0.2, 0.25) is 0 Å². The van der Waals surface area contributed by atoms with E-state index in [-0.39, 0.29) is 12.5 Å². The molecule has 0 aromatic heterocycles. The largest absolute Gasteiger partial charge is 0.396 e. The Morgan fingerprint density at radius 3 is 2.67 bits per heavy atom. The van der Waals surface area contributed by atoms with Gasteiger partial charge in [0.05, 0.1) is 5.60 Å².